The van der Waals surface area contributed by atoms with E-state index >= 15 is 0 Å². The van der Waals surface area contributed by atoms with E-state index in [9.17, 15) is 31.1 Å². The summed E-state index contributed by atoms with van der Waals surface area (Å²) in [6.07, 6.45) is -10.1. The second-order valence-corrected chi connectivity index (χ2v) is 8.84. The van der Waals surface area contributed by atoms with E-state index in [1.165, 1.54) is 11.8 Å². The molecule has 0 aliphatic carbocycles. The van der Waals surface area contributed by atoms with Gasteiger partial charge in [-0.05, 0) is 29.3 Å². The van der Waals surface area contributed by atoms with Crippen molar-refractivity contribution in [3.63, 3.8) is 0 Å². The lowest BCUT2D eigenvalue weighted by Crippen LogP contribution is -2.33. The standard InChI is InChI=1S/C25H18F6N4O2S/c26-24(27,28)17-11-18(25(29,30)31)13-19(12-17)32-22(36)33-20(16-9-5-2-6-10-16)21-34-35-23(37-21)38-14-15-7-3-1-4-8-15/h1-13,20H,14H2,(H2,32,33,36)/t20-/m0/s1. The molecule has 3 aromatic carbocycles. The highest BCUT2D eigenvalue weighted by Crippen LogP contribution is 2.37. The number of nitrogens with zero attached hydrogens (tertiary/aromatic N) is 2. The zero-order valence-corrected chi connectivity index (χ0v) is 20.0. The van der Waals surface area contributed by atoms with Gasteiger partial charge in [0.15, 0.2) is 0 Å². The molecular formula is C25H18F6N4O2S. The summed E-state index contributed by atoms with van der Waals surface area (Å²) in [7, 11) is 0. The molecule has 0 saturated heterocycles. The number of benzene rings is 3. The van der Waals surface area contributed by atoms with Gasteiger partial charge in [-0.2, -0.15) is 26.3 Å². The van der Waals surface area contributed by atoms with Gasteiger partial charge in [0.25, 0.3) is 5.22 Å². The largest absolute Gasteiger partial charge is 0.416 e. The van der Waals surface area contributed by atoms with Crippen LogP contribution in [0.5, 0.6) is 0 Å². The van der Waals surface area contributed by atoms with Crippen molar-refractivity contribution in [2.75, 3.05) is 5.32 Å². The van der Waals surface area contributed by atoms with Crippen LogP contribution in [-0.2, 0) is 18.1 Å². The second kappa shape index (κ2) is 11.2. The van der Waals surface area contributed by atoms with E-state index in [1.807, 2.05) is 35.6 Å². The molecule has 13 heteroatoms. The lowest BCUT2D eigenvalue weighted by Gasteiger charge is -2.18. The highest BCUT2D eigenvalue weighted by molar-refractivity contribution is 7.98. The van der Waals surface area contributed by atoms with Crippen molar-refractivity contribution in [3.8, 4) is 0 Å². The number of amides is 2. The van der Waals surface area contributed by atoms with E-state index in [4.69, 9.17) is 4.42 Å². The molecule has 0 saturated carbocycles. The van der Waals surface area contributed by atoms with Gasteiger partial charge in [0.05, 0.1) is 11.1 Å². The Morgan fingerprint density at radius 1 is 0.842 bits per heavy atom. The smallest absolute Gasteiger partial charge is 0.413 e. The highest BCUT2D eigenvalue weighted by Gasteiger charge is 2.37. The number of alkyl halides is 6. The molecule has 0 fully saturated rings. The van der Waals surface area contributed by atoms with Crippen LogP contribution >= 0.6 is 11.8 Å². The summed E-state index contributed by atoms with van der Waals surface area (Å²) < 4.78 is 84.7. The molecule has 4 aromatic rings. The van der Waals surface area contributed by atoms with Crippen LogP contribution in [0.15, 0.2) is 88.5 Å². The molecule has 0 spiro atoms. The zero-order chi connectivity index (χ0) is 27.3. The molecule has 0 radical (unpaired) electrons. The van der Waals surface area contributed by atoms with Gasteiger partial charge >= 0.3 is 18.4 Å². The van der Waals surface area contributed by atoms with Crippen LogP contribution in [0.1, 0.15) is 34.2 Å². The number of halogens is 6. The van der Waals surface area contributed by atoms with Gasteiger partial charge in [-0.1, -0.05) is 72.4 Å². The summed E-state index contributed by atoms with van der Waals surface area (Å²) in [6.45, 7) is 0. The predicted octanol–water partition coefficient (Wildman–Crippen LogP) is 7.31. The minimum Gasteiger partial charge on any atom is -0.413 e. The molecule has 1 atom stereocenters. The maximum absolute atomic E-state index is 13.2. The maximum atomic E-state index is 13.2. The van der Waals surface area contributed by atoms with Crippen LogP contribution in [-0.4, -0.2) is 16.2 Å². The number of urea groups is 1. The first-order valence-corrected chi connectivity index (χ1v) is 11.9. The molecule has 0 aliphatic heterocycles. The summed E-state index contributed by atoms with van der Waals surface area (Å²) in [5.74, 6) is 0.505. The molecule has 0 unspecified atom stereocenters. The number of aromatic nitrogens is 2. The summed E-state index contributed by atoms with van der Waals surface area (Å²) in [5, 5.41) is 12.7. The SMILES string of the molecule is O=C(Nc1cc(C(F)(F)F)cc(C(F)(F)F)c1)N[C@@H](c1ccccc1)c1nnc(SCc2ccccc2)o1. The van der Waals surface area contributed by atoms with Gasteiger partial charge in [0.1, 0.15) is 6.04 Å². The molecule has 2 amide bonds. The van der Waals surface area contributed by atoms with Gasteiger partial charge in [0.2, 0.25) is 5.89 Å². The van der Waals surface area contributed by atoms with Crippen LogP contribution in [0.2, 0.25) is 0 Å². The number of anilines is 1. The number of hydrogen-bond donors (Lipinski definition) is 2. The third-order valence-corrected chi connectivity index (χ3v) is 6.02. The Kier molecular flexibility index (Phi) is 7.95. The molecule has 2 N–H and O–H groups in total. The van der Waals surface area contributed by atoms with Gasteiger partial charge in [-0.15, -0.1) is 10.2 Å². The van der Waals surface area contributed by atoms with Gasteiger partial charge < -0.3 is 15.1 Å². The first-order chi connectivity index (χ1) is 18.0. The first kappa shape index (κ1) is 27.0. The molecule has 0 bridgehead atoms. The highest BCUT2D eigenvalue weighted by atomic mass is 32.2. The summed E-state index contributed by atoms with van der Waals surface area (Å²) in [4.78, 5) is 12.7. The Hall–Kier alpha value is -4.00. The topological polar surface area (TPSA) is 80.0 Å². The summed E-state index contributed by atoms with van der Waals surface area (Å²) in [5.41, 5.74) is -2.31. The van der Waals surface area contributed by atoms with Crippen molar-refractivity contribution >= 4 is 23.5 Å². The van der Waals surface area contributed by atoms with Crippen molar-refractivity contribution in [2.24, 2.45) is 0 Å². The fraction of sp³-hybridized carbons (Fsp3) is 0.160. The Balaban J connectivity index is 1.55. The average molecular weight is 553 g/mol. The number of carbonyl (C=O) groups excluding carboxylic acids is 1. The van der Waals surface area contributed by atoms with E-state index in [1.54, 1.807) is 30.3 Å². The average Bonchev–Trinajstić information content (AvgIpc) is 3.35. The minimum atomic E-state index is -5.06. The summed E-state index contributed by atoms with van der Waals surface area (Å²) in [6, 6.07) is 16.5. The minimum absolute atomic E-state index is 0.0249. The predicted molar refractivity (Wildman–Crippen MR) is 127 cm³/mol. The van der Waals surface area contributed by atoms with E-state index < -0.39 is 41.2 Å². The van der Waals surface area contributed by atoms with Crippen molar-refractivity contribution in [1.82, 2.24) is 15.5 Å². The molecule has 0 aliphatic rings. The van der Waals surface area contributed by atoms with Crippen LogP contribution in [0, 0.1) is 0 Å². The molecular weight excluding hydrogens is 534 g/mol. The van der Waals surface area contributed by atoms with Crippen LogP contribution < -0.4 is 10.6 Å². The van der Waals surface area contributed by atoms with Crippen LogP contribution in [0.4, 0.5) is 36.8 Å². The Labute approximate surface area is 216 Å². The second-order valence-electron chi connectivity index (χ2n) is 7.92. The maximum Gasteiger partial charge on any atom is 0.416 e. The molecule has 38 heavy (non-hydrogen) atoms. The Morgan fingerprint density at radius 3 is 2.00 bits per heavy atom. The lowest BCUT2D eigenvalue weighted by molar-refractivity contribution is -0.143. The molecule has 6 nitrogen and oxygen atoms in total. The van der Waals surface area contributed by atoms with E-state index in [-0.39, 0.29) is 17.2 Å². The molecule has 4 rings (SSSR count). The Bertz CT molecular complexity index is 1350. The first-order valence-electron chi connectivity index (χ1n) is 10.9. The number of carbonyl (C=O) groups is 1. The van der Waals surface area contributed by atoms with Crippen molar-refractivity contribution in [2.45, 2.75) is 29.4 Å². The van der Waals surface area contributed by atoms with Gasteiger partial charge in [-0.3, -0.25) is 0 Å². The van der Waals surface area contributed by atoms with Gasteiger partial charge in [0, 0.05) is 11.4 Å². The van der Waals surface area contributed by atoms with E-state index in [0.717, 1.165) is 5.56 Å². The fourth-order valence-electron chi connectivity index (χ4n) is 3.37. The van der Waals surface area contributed by atoms with Crippen molar-refractivity contribution in [3.05, 3.63) is 107 Å². The van der Waals surface area contributed by atoms with E-state index in [2.05, 4.69) is 15.5 Å². The molecule has 1 aromatic heterocycles. The van der Waals surface area contributed by atoms with E-state index in [0.29, 0.717) is 23.4 Å². The number of thioether (sulfide) groups is 1. The van der Waals surface area contributed by atoms with Crippen molar-refractivity contribution in [1.29, 1.82) is 0 Å². The number of rotatable bonds is 7. The fourth-order valence-corrected chi connectivity index (χ4v) is 4.10. The molecule has 198 valence electrons. The third-order valence-electron chi connectivity index (χ3n) is 5.13. The lowest BCUT2D eigenvalue weighted by atomic mass is 10.1. The zero-order valence-electron chi connectivity index (χ0n) is 19.2. The third kappa shape index (κ3) is 7.06. The Morgan fingerprint density at radius 2 is 1.42 bits per heavy atom. The molecule has 1 heterocycles. The monoisotopic (exact) mass is 552 g/mol. The summed E-state index contributed by atoms with van der Waals surface area (Å²) >= 11 is 1.25. The van der Waals surface area contributed by atoms with Crippen LogP contribution in [0.3, 0.4) is 0 Å². The normalized spacial score (nSPS) is 12.7. The number of nitrogens with one attached hydrogen (secondary N) is 2. The number of hydrogen-bond acceptors (Lipinski definition) is 5. The quantitative estimate of drug-likeness (QED) is 0.186. The van der Waals surface area contributed by atoms with Crippen molar-refractivity contribution < 1.29 is 35.6 Å². The van der Waals surface area contributed by atoms with Gasteiger partial charge in [-0.25, -0.2) is 4.79 Å². The van der Waals surface area contributed by atoms with Crippen LogP contribution in [0.25, 0.3) is 0 Å².